The van der Waals surface area contributed by atoms with Gasteiger partial charge >= 0.3 is 0 Å². The lowest BCUT2D eigenvalue weighted by molar-refractivity contribution is 1.01. The molecule has 0 aromatic heterocycles. The Morgan fingerprint density at radius 1 is 0.938 bits per heavy atom. The van der Waals surface area contributed by atoms with Gasteiger partial charge in [-0.1, -0.05) is 0 Å². The van der Waals surface area contributed by atoms with Crippen molar-refractivity contribution >= 4 is 0 Å². The quantitative estimate of drug-likeness (QED) is 0.575. The number of benzene rings is 2. The Labute approximate surface area is 96.9 Å². The van der Waals surface area contributed by atoms with Crippen molar-refractivity contribution in [3.05, 3.63) is 76.2 Å². The first-order valence-corrected chi connectivity index (χ1v) is 5.77. The standard InChI is InChI=1S/C16H15/c1-11-7-8-16-12(2)15-6-4-3-5-13(15)10-14(16)9-11/h3-9H,10H2,1-2H3/q+1. The molecular weight excluding hydrogens is 192 g/mol. The predicted molar refractivity (Wildman–Crippen MR) is 67.5 cm³/mol. The van der Waals surface area contributed by atoms with Crippen LogP contribution in [-0.2, 0) is 6.42 Å². The van der Waals surface area contributed by atoms with Gasteiger partial charge in [0.1, 0.15) is 0 Å². The summed E-state index contributed by atoms with van der Waals surface area (Å²) in [6.45, 7) is 4.39. The molecule has 0 saturated heterocycles. The van der Waals surface area contributed by atoms with Crippen LogP contribution in [0.3, 0.4) is 0 Å². The largest absolute Gasteiger partial charge is 0.0794 e. The third kappa shape index (κ3) is 1.34. The van der Waals surface area contributed by atoms with Crippen LogP contribution in [-0.4, -0.2) is 0 Å². The van der Waals surface area contributed by atoms with Crippen LogP contribution in [0.5, 0.6) is 0 Å². The van der Waals surface area contributed by atoms with Crippen molar-refractivity contribution in [3.63, 3.8) is 0 Å². The molecule has 0 radical (unpaired) electrons. The van der Waals surface area contributed by atoms with Gasteiger partial charge in [-0.25, -0.2) is 0 Å². The molecule has 0 spiro atoms. The average Bonchev–Trinajstić information content (AvgIpc) is 2.29. The summed E-state index contributed by atoms with van der Waals surface area (Å²) in [4.78, 5) is 0. The maximum atomic E-state index is 2.31. The van der Waals surface area contributed by atoms with Gasteiger partial charge in [0.2, 0.25) is 0 Å². The van der Waals surface area contributed by atoms with Crippen LogP contribution in [0.25, 0.3) is 0 Å². The molecule has 0 N–H and O–H groups in total. The fourth-order valence-electron chi connectivity index (χ4n) is 2.63. The van der Waals surface area contributed by atoms with Crippen LogP contribution in [0, 0.1) is 12.8 Å². The lowest BCUT2D eigenvalue weighted by Gasteiger charge is -2.19. The zero-order chi connectivity index (χ0) is 11.1. The van der Waals surface area contributed by atoms with Gasteiger partial charge in [0.05, 0.1) is 17.5 Å². The van der Waals surface area contributed by atoms with Crippen LogP contribution in [0.4, 0.5) is 0 Å². The van der Waals surface area contributed by atoms with E-state index in [0.717, 1.165) is 6.42 Å². The normalized spacial score (nSPS) is 13.2. The molecule has 3 rings (SSSR count). The van der Waals surface area contributed by atoms with Crippen molar-refractivity contribution in [2.24, 2.45) is 0 Å². The summed E-state index contributed by atoms with van der Waals surface area (Å²) >= 11 is 0. The number of rotatable bonds is 0. The van der Waals surface area contributed by atoms with E-state index < -0.39 is 0 Å². The van der Waals surface area contributed by atoms with E-state index in [1.54, 1.807) is 0 Å². The molecule has 0 amide bonds. The van der Waals surface area contributed by atoms with Crippen molar-refractivity contribution in [3.8, 4) is 0 Å². The van der Waals surface area contributed by atoms with Crippen molar-refractivity contribution in [1.82, 2.24) is 0 Å². The fraction of sp³-hybridized carbons (Fsp3) is 0.188. The Kier molecular flexibility index (Phi) is 2.03. The van der Waals surface area contributed by atoms with Gasteiger partial charge in [0, 0.05) is 29.2 Å². The van der Waals surface area contributed by atoms with E-state index in [1.807, 2.05) is 0 Å². The first-order chi connectivity index (χ1) is 7.75. The van der Waals surface area contributed by atoms with Gasteiger partial charge in [-0.05, 0) is 49.7 Å². The molecule has 0 heterocycles. The summed E-state index contributed by atoms with van der Waals surface area (Å²) in [7, 11) is 0. The zero-order valence-corrected chi connectivity index (χ0v) is 9.75. The molecule has 1 aliphatic carbocycles. The molecule has 0 saturated carbocycles. The summed E-state index contributed by atoms with van der Waals surface area (Å²) in [5.41, 5.74) is 7.11. The summed E-state index contributed by atoms with van der Waals surface area (Å²) in [5, 5.41) is 0. The highest BCUT2D eigenvalue weighted by molar-refractivity contribution is 5.57. The maximum Gasteiger partial charge on any atom is 0.0794 e. The first-order valence-electron chi connectivity index (χ1n) is 5.77. The van der Waals surface area contributed by atoms with Gasteiger partial charge in [-0.2, -0.15) is 0 Å². The van der Waals surface area contributed by atoms with E-state index >= 15 is 0 Å². The third-order valence-electron chi connectivity index (χ3n) is 3.47. The Balaban J connectivity index is 2.18. The van der Waals surface area contributed by atoms with Gasteiger partial charge in [0.25, 0.3) is 0 Å². The number of aryl methyl sites for hydroxylation is 1. The smallest absolute Gasteiger partial charge is 0.0462 e. The molecule has 16 heavy (non-hydrogen) atoms. The highest BCUT2D eigenvalue weighted by atomic mass is 14.2. The number of hydrogen-bond donors (Lipinski definition) is 0. The van der Waals surface area contributed by atoms with Crippen LogP contribution in [0.2, 0.25) is 0 Å². The second-order valence-electron chi connectivity index (χ2n) is 4.62. The van der Waals surface area contributed by atoms with E-state index in [1.165, 1.54) is 33.7 Å². The Bertz CT molecular complexity index is 537. The van der Waals surface area contributed by atoms with Crippen LogP contribution < -0.4 is 0 Å². The lowest BCUT2D eigenvalue weighted by atomic mass is 9.79. The third-order valence-corrected chi connectivity index (χ3v) is 3.47. The Morgan fingerprint density at radius 2 is 1.69 bits per heavy atom. The van der Waals surface area contributed by atoms with Crippen LogP contribution >= 0.6 is 0 Å². The highest BCUT2D eigenvalue weighted by Crippen LogP contribution is 2.35. The lowest BCUT2D eigenvalue weighted by Crippen LogP contribution is -2.11. The van der Waals surface area contributed by atoms with Gasteiger partial charge in [0.15, 0.2) is 0 Å². The van der Waals surface area contributed by atoms with Gasteiger partial charge in [-0.3, -0.25) is 0 Å². The minimum absolute atomic E-state index is 1.07. The molecule has 0 atom stereocenters. The molecule has 1 aliphatic rings. The fourth-order valence-corrected chi connectivity index (χ4v) is 2.63. The summed E-state index contributed by atoms with van der Waals surface area (Å²) in [6, 6.07) is 15.5. The Hall–Kier alpha value is -1.69. The van der Waals surface area contributed by atoms with Crippen LogP contribution in [0.15, 0.2) is 42.5 Å². The van der Waals surface area contributed by atoms with Crippen molar-refractivity contribution in [1.29, 1.82) is 0 Å². The molecule has 0 nitrogen and oxygen atoms in total. The molecule has 0 fully saturated rings. The molecular formula is C16H15+. The predicted octanol–water partition coefficient (Wildman–Crippen LogP) is 3.89. The van der Waals surface area contributed by atoms with E-state index in [4.69, 9.17) is 0 Å². The van der Waals surface area contributed by atoms with Crippen LogP contribution in [0.1, 0.15) is 34.7 Å². The van der Waals surface area contributed by atoms with E-state index in [-0.39, 0.29) is 0 Å². The molecule has 78 valence electrons. The average molecular weight is 207 g/mol. The number of hydrogen-bond acceptors (Lipinski definition) is 0. The zero-order valence-electron chi connectivity index (χ0n) is 9.75. The van der Waals surface area contributed by atoms with Crippen molar-refractivity contribution in [2.45, 2.75) is 20.3 Å². The minimum Gasteiger partial charge on any atom is -0.0462 e. The van der Waals surface area contributed by atoms with Gasteiger partial charge in [-0.15, -0.1) is 0 Å². The first kappa shape index (κ1) is 9.53. The monoisotopic (exact) mass is 207 g/mol. The van der Waals surface area contributed by atoms with E-state index in [0.29, 0.717) is 0 Å². The van der Waals surface area contributed by atoms with E-state index in [2.05, 4.69) is 56.3 Å². The van der Waals surface area contributed by atoms with E-state index in [9.17, 15) is 0 Å². The molecule has 2 aromatic rings. The van der Waals surface area contributed by atoms with Crippen molar-refractivity contribution in [2.75, 3.05) is 0 Å². The maximum absolute atomic E-state index is 2.31. The summed E-state index contributed by atoms with van der Waals surface area (Å²) < 4.78 is 0. The summed E-state index contributed by atoms with van der Waals surface area (Å²) in [6.07, 6.45) is 1.07. The topological polar surface area (TPSA) is 0 Å². The Morgan fingerprint density at radius 3 is 2.56 bits per heavy atom. The minimum atomic E-state index is 1.07. The summed E-state index contributed by atoms with van der Waals surface area (Å²) in [5.74, 6) is 1.41. The number of fused-ring (bicyclic) bond motifs is 2. The highest BCUT2D eigenvalue weighted by Gasteiger charge is 2.28. The van der Waals surface area contributed by atoms with Gasteiger partial charge < -0.3 is 0 Å². The molecule has 2 aromatic carbocycles. The second-order valence-corrected chi connectivity index (χ2v) is 4.62. The molecule has 0 unspecified atom stereocenters. The molecule has 0 aliphatic heterocycles. The second kappa shape index (κ2) is 3.41. The van der Waals surface area contributed by atoms with Crippen molar-refractivity contribution < 1.29 is 0 Å². The molecule has 0 bridgehead atoms. The SMILES string of the molecule is Cc1ccc2c(c1)Cc1ccccc1[C+]2C. The molecule has 0 heteroatoms.